The number of aryl methyl sites for hydroxylation is 1. The zero-order valence-electron chi connectivity index (χ0n) is 15.7. The Balaban J connectivity index is 1.84. The third kappa shape index (κ3) is 6.38. The Morgan fingerprint density at radius 2 is 1.92 bits per heavy atom. The molecule has 0 aromatic heterocycles. The van der Waals surface area contributed by atoms with Crippen molar-refractivity contribution in [1.82, 2.24) is 15.5 Å². The highest BCUT2D eigenvalue weighted by molar-refractivity contribution is 5.94. The molecule has 7 nitrogen and oxygen atoms in total. The van der Waals surface area contributed by atoms with Gasteiger partial charge < -0.3 is 20.9 Å². The van der Waals surface area contributed by atoms with Crippen molar-refractivity contribution < 1.29 is 9.59 Å². The average molecular weight is 359 g/mol. The standard InChI is InChI=1S/C19H29N5O2/c1-3-15-8-7-9-16(12-15)23-17(25)13-21-19(20-4-2)22-14-18(26)24-10-5-6-11-24/h7-9,12H,3-6,10-11,13-14H2,1-2H3,(H,23,25)(H2,20,21,22). The van der Waals surface area contributed by atoms with Crippen LogP contribution in [0.25, 0.3) is 0 Å². The molecule has 1 fully saturated rings. The number of benzene rings is 1. The fourth-order valence-corrected chi connectivity index (χ4v) is 2.80. The molecule has 0 atom stereocenters. The first-order valence-electron chi connectivity index (χ1n) is 9.31. The number of carbonyl (C=O) groups is 2. The van der Waals surface area contributed by atoms with E-state index in [4.69, 9.17) is 0 Å². The second kappa shape index (κ2) is 10.4. The maximum Gasteiger partial charge on any atom is 0.246 e. The van der Waals surface area contributed by atoms with Crippen molar-refractivity contribution in [2.75, 3.05) is 38.0 Å². The lowest BCUT2D eigenvalue weighted by atomic mass is 10.1. The summed E-state index contributed by atoms with van der Waals surface area (Å²) in [6, 6.07) is 7.77. The molecule has 0 spiro atoms. The van der Waals surface area contributed by atoms with Crippen LogP contribution in [0.2, 0.25) is 0 Å². The van der Waals surface area contributed by atoms with Crippen molar-refractivity contribution in [2.24, 2.45) is 4.99 Å². The van der Waals surface area contributed by atoms with Crippen molar-refractivity contribution in [1.29, 1.82) is 0 Å². The molecule has 1 aliphatic heterocycles. The molecule has 26 heavy (non-hydrogen) atoms. The van der Waals surface area contributed by atoms with Crippen molar-refractivity contribution in [3.8, 4) is 0 Å². The minimum absolute atomic E-state index is 0.0103. The average Bonchev–Trinajstić information content (AvgIpc) is 3.18. The van der Waals surface area contributed by atoms with Crippen LogP contribution in [0.3, 0.4) is 0 Å². The highest BCUT2D eigenvalue weighted by Crippen LogP contribution is 2.10. The van der Waals surface area contributed by atoms with Gasteiger partial charge in [0.15, 0.2) is 5.96 Å². The van der Waals surface area contributed by atoms with Gasteiger partial charge in [-0.25, -0.2) is 4.99 Å². The third-order valence-corrected chi connectivity index (χ3v) is 4.21. The van der Waals surface area contributed by atoms with E-state index in [1.54, 1.807) is 0 Å². The first kappa shape index (κ1) is 19.8. The Morgan fingerprint density at radius 1 is 1.15 bits per heavy atom. The molecule has 1 aliphatic rings. The summed E-state index contributed by atoms with van der Waals surface area (Å²) < 4.78 is 0. The summed E-state index contributed by atoms with van der Waals surface area (Å²) in [7, 11) is 0. The van der Waals surface area contributed by atoms with Gasteiger partial charge in [-0.1, -0.05) is 19.1 Å². The minimum atomic E-state index is -0.193. The quantitative estimate of drug-likeness (QED) is 0.507. The summed E-state index contributed by atoms with van der Waals surface area (Å²) in [4.78, 5) is 30.3. The predicted molar refractivity (Wildman–Crippen MR) is 104 cm³/mol. The van der Waals surface area contributed by atoms with Crippen LogP contribution in [-0.4, -0.2) is 55.4 Å². The molecule has 0 radical (unpaired) electrons. The number of nitrogens with one attached hydrogen (secondary N) is 3. The number of aliphatic imine (C=N–C) groups is 1. The van der Waals surface area contributed by atoms with Crippen LogP contribution in [0.4, 0.5) is 5.69 Å². The van der Waals surface area contributed by atoms with Gasteiger partial charge in [-0.15, -0.1) is 0 Å². The lowest BCUT2D eigenvalue weighted by Crippen LogP contribution is -2.44. The Kier molecular flexibility index (Phi) is 7.92. The summed E-state index contributed by atoms with van der Waals surface area (Å²) in [6.07, 6.45) is 3.06. The number of anilines is 1. The van der Waals surface area contributed by atoms with Crippen LogP contribution in [0.1, 0.15) is 32.3 Å². The fourth-order valence-electron chi connectivity index (χ4n) is 2.80. The molecule has 0 unspecified atom stereocenters. The number of likely N-dealkylation sites (tertiary alicyclic amines) is 1. The summed E-state index contributed by atoms with van der Waals surface area (Å²) >= 11 is 0. The molecule has 0 aliphatic carbocycles. The van der Waals surface area contributed by atoms with Gasteiger partial charge in [0.05, 0.1) is 6.54 Å². The van der Waals surface area contributed by atoms with Crippen molar-refractivity contribution >= 4 is 23.5 Å². The predicted octanol–water partition coefficient (Wildman–Crippen LogP) is 1.36. The third-order valence-electron chi connectivity index (χ3n) is 4.21. The van der Waals surface area contributed by atoms with Crippen LogP contribution in [-0.2, 0) is 16.0 Å². The molecule has 1 aromatic carbocycles. The zero-order valence-corrected chi connectivity index (χ0v) is 15.7. The van der Waals surface area contributed by atoms with Gasteiger partial charge in [0.1, 0.15) is 6.54 Å². The van der Waals surface area contributed by atoms with E-state index < -0.39 is 0 Å². The summed E-state index contributed by atoms with van der Waals surface area (Å²) in [5.74, 6) is 0.341. The van der Waals surface area contributed by atoms with E-state index in [0.717, 1.165) is 38.0 Å². The molecule has 0 bridgehead atoms. The molecule has 1 heterocycles. The zero-order chi connectivity index (χ0) is 18.8. The highest BCUT2D eigenvalue weighted by Gasteiger charge is 2.17. The normalized spacial score (nSPS) is 14.2. The molecule has 7 heteroatoms. The van der Waals surface area contributed by atoms with E-state index in [1.165, 1.54) is 5.56 Å². The van der Waals surface area contributed by atoms with E-state index in [-0.39, 0.29) is 24.9 Å². The largest absolute Gasteiger partial charge is 0.357 e. The number of hydrogen-bond donors (Lipinski definition) is 3. The molecular weight excluding hydrogens is 330 g/mol. The van der Waals surface area contributed by atoms with Crippen molar-refractivity contribution in [3.05, 3.63) is 29.8 Å². The Hall–Kier alpha value is -2.57. The van der Waals surface area contributed by atoms with Gasteiger partial charge in [0, 0.05) is 25.3 Å². The van der Waals surface area contributed by atoms with Crippen LogP contribution >= 0.6 is 0 Å². The van der Waals surface area contributed by atoms with Crippen molar-refractivity contribution in [2.45, 2.75) is 33.1 Å². The monoisotopic (exact) mass is 359 g/mol. The number of guanidine groups is 1. The smallest absolute Gasteiger partial charge is 0.246 e. The molecule has 1 aromatic rings. The lowest BCUT2D eigenvalue weighted by molar-refractivity contribution is -0.128. The fraction of sp³-hybridized carbons (Fsp3) is 0.526. The molecule has 2 amide bonds. The maximum absolute atomic E-state index is 12.1. The van der Waals surface area contributed by atoms with Gasteiger partial charge in [-0.2, -0.15) is 0 Å². The number of rotatable bonds is 7. The van der Waals surface area contributed by atoms with E-state index in [9.17, 15) is 9.59 Å². The first-order valence-corrected chi connectivity index (χ1v) is 9.31. The van der Waals surface area contributed by atoms with Crippen LogP contribution in [0.5, 0.6) is 0 Å². The number of hydrogen-bond acceptors (Lipinski definition) is 3. The van der Waals surface area contributed by atoms with Crippen LogP contribution < -0.4 is 16.0 Å². The second-order valence-electron chi connectivity index (χ2n) is 6.24. The van der Waals surface area contributed by atoms with E-state index in [2.05, 4.69) is 27.9 Å². The topological polar surface area (TPSA) is 85.8 Å². The summed E-state index contributed by atoms with van der Waals surface area (Å²) in [5.41, 5.74) is 1.94. The summed E-state index contributed by atoms with van der Waals surface area (Å²) in [5, 5.41) is 8.90. The van der Waals surface area contributed by atoms with Gasteiger partial charge in [0.25, 0.3) is 0 Å². The first-order chi connectivity index (χ1) is 12.6. The molecule has 2 rings (SSSR count). The molecule has 1 saturated heterocycles. The van der Waals surface area contributed by atoms with Crippen molar-refractivity contribution in [3.63, 3.8) is 0 Å². The van der Waals surface area contributed by atoms with E-state index in [1.807, 2.05) is 36.1 Å². The van der Waals surface area contributed by atoms with Crippen LogP contribution in [0.15, 0.2) is 29.3 Å². The molecule has 142 valence electrons. The molecular formula is C19H29N5O2. The summed E-state index contributed by atoms with van der Waals surface area (Å²) in [6.45, 7) is 6.50. The Labute approximate surface area is 155 Å². The minimum Gasteiger partial charge on any atom is -0.357 e. The number of carbonyl (C=O) groups excluding carboxylic acids is 2. The van der Waals surface area contributed by atoms with E-state index in [0.29, 0.717) is 12.5 Å². The van der Waals surface area contributed by atoms with Gasteiger partial charge in [0.2, 0.25) is 11.8 Å². The van der Waals surface area contributed by atoms with Gasteiger partial charge >= 0.3 is 0 Å². The molecule has 3 N–H and O–H groups in total. The number of nitrogens with zero attached hydrogens (tertiary/aromatic N) is 2. The van der Waals surface area contributed by atoms with Crippen LogP contribution in [0, 0.1) is 0 Å². The van der Waals surface area contributed by atoms with Gasteiger partial charge in [-0.3, -0.25) is 9.59 Å². The number of amides is 2. The highest BCUT2D eigenvalue weighted by atomic mass is 16.2. The second-order valence-corrected chi connectivity index (χ2v) is 6.24. The molecule has 0 saturated carbocycles. The SMILES string of the molecule is CCNC(=NCC(=O)Nc1cccc(CC)c1)NCC(=O)N1CCCC1. The van der Waals surface area contributed by atoms with Gasteiger partial charge in [-0.05, 0) is 43.9 Å². The van der Waals surface area contributed by atoms with E-state index >= 15 is 0 Å². The Bertz CT molecular complexity index is 639. The maximum atomic E-state index is 12.1. The lowest BCUT2D eigenvalue weighted by Gasteiger charge is -2.17. The Morgan fingerprint density at radius 3 is 2.62 bits per heavy atom.